The van der Waals surface area contributed by atoms with Gasteiger partial charge in [0.15, 0.2) is 0 Å². The van der Waals surface area contributed by atoms with E-state index < -0.39 is 0 Å². The van der Waals surface area contributed by atoms with Gasteiger partial charge in [-0.2, -0.15) is 0 Å². The molecule has 0 N–H and O–H groups in total. The number of ether oxygens (including phenoxy) is 3. The van der Waals surface area contributed by atoms with E-state index in [9.17, 15) is 0 Å². The standard InChI is InChI=1S/C21H20ClN3O3/c22-17-4-2-7-24-21(17)25-10-19-20(11-25)27-13-15(12-26-19)28-18-5-1-3-14-9-23-8-6-16(14)18/h1-9,15,19-20H,10-13H2/t19-,20-/m0/s1. The van der Waals surface area contributed by atoms with Crippen LogP contribution in [-0.2, 0) is 9.47 Å². The highest BCUT2D eigenvalue weighted by Gasteiger charge is 2.39. The van der Waals surface area contributed by atoms with Gasteiger partial charge in [0.25, 0.3) is 0 Å². The summed E-state index contributed by atoms with van der Waals surface area (Å²) in [4.78, 5) is 10.7. The monoisotopic (exact) mass is 397 g/mol. The fourth-order valence-corrected chi connectivity index (χ4v) is 4.04. The number of hydrogen-bond donors (Lipinski definition) is 0. The minimum Gasteiger partial charge on any atom is -0.485 e. The molecule has 6 nitrogen and oxygen atoms in total. The molecule has 2 aliphatic rings. The molecular formula is C21H20ClN3O3. The van der Waals surface area contributed by atoms with Gasteiger partial charge in [-0.15, -0.1) is 0 Å². The molecule has 0 amide bonds. The number of pyridine rings is 2. The molecule has 3 aromatic rings. The largest absolute Gasteiger partial charge is 0.485 e. The number of nitrogens with zero attached hydrogens (tertiary/aromatic N) is 3. The van der Waals surface area contributed by atoms with Crippen LogP contribution in [-0.4, -0.2) is 54.6 Å². The van der Waals surface area contributed by atoms with E-state index >= 15 is 0 Å². The molecule has 2 atom stereocenters. The van der Waals surface area contributed by atoms with Crippen molar-refractivity contribution in [3.63, 3.8) is 0 Å². The average Bonchev–Trinajstić information content (AvgIpc) is 3.04. The summed E-state index contributed by atoms with van der Waals surface area (Å²) in [6.45, 7) is 2.36. The van der Waals surface area contributed by atoms with Crippen molar-refractivity contribution in [1.29, 1.82) is 0 Å². The van der Waals surface area contributed by atoms with E-state index in [0.29, 0.717) is 31.3 Å². The Hall–Kier alpha value is -2.41. The summed E-state index contributed by atoms with van der Waals surface area (Å²) in [6, 6.07) is 11.6. The lowest BCUT2D eigenvalue weighted by molar-refractivity contribution is -0.00461. The molecule has 0 saturated carbocycles. The summed E-state index contributed by atoms with van der Waals surface area (Å²) in [7, 11) is 0. The lowest BCUT2D eigenvalue weighted by Crippen LogP contribution is -2.30. The Kier molecular flexibility index (Phi) is 4.76. The van der Waals surface area contributed by atoms with Crippen molar-refractivity contribution in [2.45, 2.75) is 18.3 Å². The highest BCUT2D eigenvalue weighted by Crippen LogP contribution is 2.30. The van der Waals surface area contributed by atoms with Gasteiger partial charge in [0, 0.05) is 42.5 Å². The molecule has 7 heteroatoms. The van der Waals surface area contributed by atoms with Crippen molar-refractivity contribution < 1.29 is 14.2 Å². The van der Waals surface area contributed by atoms with Crippen LogP contribution in [0.3, 0.4) is 0 Å². The Morgan fingerprint density at radius 2 is 1.82 bits per heavy atom. The van der Waals surface area contributed by atoms with Crippen LogP contribution in [0, 0.1) is 0 Å². The molecule has 4 heterocycles. The highest BCUT2D eigenvalue weighted by atomic mass is 35.5. The number of rotatable bonds is 3. The fourth-order valence-electron chi connectivity index (χ4n) is 3.80. The Bertz CT molecular complexity index is 965. The molecule has 0 aliphatic carbocycles. The van der Waals surface area contributed by atoms with Crippen LogP contribution in [0.5, 0.6) is 5.75 Å². The summed E-state index contributed by atoms with van der Waals surface area (Å²) >= 11 is 6.28. The third-order valence-electron chi connectivity index (χ3n) is 5.18. The molecule has 0 radical (unpaired) electrons. The molecule has 2 fully saturated rings. The van der Waals surface area contributed by atoms with Crippen LogP contribution in [0.1, 0.15) is 0 Å². The number of halogens is 1. The van der Waals surface area contributed by atoms with E-state index in [0.717, 1.165) is 22.3 Å². The lowest BCUT2D eigenvalue weighted by Gasteiger charge is -2.21. The van der Waals surface area contributed by atoms with E-state index in [2.05, 4.69) is 14.9 Å². The summed E-state index contributed by atoms with van der Waals surface area (Å²) in [6.07, 6.45) is 5.16. The number of aromatic nitrogens is 2. The van der Waals surface area contributed by atoms with Crippen molar-refractivity contribution in [1.82, 2.24) is 9.97 Å². The van der Waals surface area contributed by atoms with Crippen LogP contribution >= 0.6 is 11.6 Å². The molecule has 2 aliphatic heterocycles. The predicted octanol–water partition coefficient (Wildman–Crippen LogP) is 3.33. The van der Waals surface area contributed by atoms with Gasteiger partial charge in [-0.05, 0) is 24.3 Å². The smallest absolute Gasteiger partial charge is 0.147 e. The molecule has 0 bridgehead atoms. The zero-order valence-electron chi connectivity index (χ0n) is 15.2. The first-order valence-corrected chi connectivity index (χ1v) is 9.74. The second kappa shape index (κ2) is 7.54. The third-order valence-corrected chi connectivity index (χ3v) is 5.48. The predicted molar refractivity (Wildman–Crippen MR) is 107 cm³/mol. The van der Waals surface area contributed by atoms with Crippen LogP contribution in [0.2, 0.25) is 5.02 Å². The first kappa shape index (κ1) is 17.7. The molecule has 2 saturated heterocycles. The van der Waals surface area contributed by atoms with Gasteiger partial charge < -0.3 is 19.1 Å². The first-order chi connectivity index (χ1) is 13.8. The molecule has 5 rings (SSSR count). The second-order valence-corrected chi connectivity index (χ2v) is 7.46. The van der Waals surface area contributed by atoms with Crippen molar-refractivity contribution in [2.24, 2.45) is 0 Å². The Morgan fingerprint density at radius 3 is 2.61 bits per heavy atom. The van der Waals surface area contributed by atoms with Gasteiger partial charge in [-0.1, -0.05) is 23.7 Å². The van der Waals surface area contributed by atoms with E-state index in [4.69, 9.17) is 25.8 Å². The molecule has 144 valence electrons. The van der Waals surface area contributed by atoms with Crippen molar-refractivity contribution in [2.75, 3.05) is 31.2 Å². The Balaban J connectivity index is 1.26. The maximum absolute atomic E-state index is 6.28. The number of benzene rings is 1. The van der Waals surface area contributed by atoms with Gasteiger partial charge in [0.1, 0.15) is 29.9 Å². The summed E-state index contributed by atoms with van der Waals surface area (Å²) < 4.78 is 18.5. The van der Waals surface area contributed by atoms with Crippen molar-refractivity contribution >= 4 is 28.2 Å². The quantitative estimate of drug-likeness (QED) is 0.675. The third kappa shape index (κ3) is 3.39. The number of fused-ring (bicyclic) bond motifs is 2. The van der Waals surface area contributed by atoms with Crippen LogP contribution in [0.4, 0.5) is 5.82 Å². The molecular weight excluding hydrogens is 378 g/mol. The zero-order chi connectivity index (χ0) is 18.9. The van der Waals surface area contributed by atoms with Gasteiger partial charge in [0.2, 0.25) is 0 Å². The highest BCUT2D eigenvalue weighted by molar-refractivity contribution is 6.32. The first-order valence-electron chi connectivity index (χ1n) is 9.36. The maximum Gasteiger partial charge on any atom is 0.147 e. The topological polar surface area (TPSA) is 56.7 Å². The number of hydrogen-bond acceptors (Lipinski definition) is 6. The molecule has 0 spiro atoms. The van der Waals surface area contributed by atoms with Crippen molar-refractivity contribution in [3.05, 3.63) is 60.0 Å². The fraction of sp³-hybridized carbons (Fsp3) is 0.333. The zero-order valence-corrected chi connectivity index (χ0v) is 16.0. The lowest BCUT2D eigenvalue weighted by atomic mass is 10.1. The van der Waals surface area contributed by atoms with Gasteiger partial charge in [-0.3, -0.25) is 4.98 Å². The molecule has 1 aromatic carbocycles. The van der Waals surface area contributed by atoms with Crippen LogP contribution in [0.25, 0.3) is 10.8 Å². The minimum atomic E-state index is -0.156. The number of anilines is 1. The van der Waals surface area contributed by atoms with E-state index in [1.54, 1.807) is 12.4 Å². The normalized spacial score (nSPS) is 22.8. The van der Waals surface area contributed by atoms with Crippen LogP contribution < -0.4 is 9.64 Å². The van der Waals surface area contributed by atoms with E-state index in [1.165, 1.54) is 0 Å². The minimum absolute atomic E-state index is 0.0246. The van der Waals surface area contributed by atoms with E-state index in [-0.39, 0.29) is 18.3 Å². The van der Waals surface area contributed by atoms with Gasteiger partial charge >= 0.3 is 0 Å². The molecule has 28 heavy (non-hydrogen) atoms. The van der Waals surface area contributed by atoms with Gasteiger partial charge in [-0.25, -0.2) is 4.98 Å². The van der Waals surface area contributed by atoms with Crippen LogP contribution in [0.15, 0.2) is 55.0 Å². The van der Waals surface area contributed by atoms with Crippen molar-refractivity contribution in [3.8, 4) is 5.75 Å². The second-order valence-electron chi connectivity index (χ2n) is 7.05. The summed E-state index contributed by atoms with van der Waals surface area (Å²) in [5.41, 5.74) is 0. The van der Waals surface area contributed by atoms with Gasteiger partial charge in [0.05, 0.1) is 18.2 Å². The average molecular weight is 398 g/mol. The summed E-state index contributed by atoms with van der Waals surface area (Å²) in [5, 5.41) is 2.73. The Morgan fingerprint density at radius 1 is 1.00 bits per heavy atom. The maximum atomic E-state index is 6.28. The summed E-state index contributed by atoms with van der Waals surface area (Å²) in [5.74, 6) is 1.60. The van der Waals surface area contributed by atoms with E-state index in [1.807, 2.05) is 42.6 Å². The molecule has 2 aromatic heterocycles. The molecule has 0 unspecified atom stereocenters. The Labute approximate surface area is 168 Å². The SMILES string of the molecule is Clc1cccnc1N1C[C@@H]2OCC(Oc3cccc4cnccc34)CO[C@H]2C1.